The Kier molecular flexibility index (Phi) is 5.17. The van der Waals surface area contributed by atoms with Crippen molar-refractivity contribution in [2.45, 2.75) is 43.0 Å². The lowest BCUT2D eigenvalue weighted by Crippen LogP contribution is -2.54. The lowest BCUT2D eigenvalue weighted by molar-refractivity contribution is 0.0276. The van der Waals surface area contributed by atoms with Crippen LogP contribution in [0.1, 0.15) is 54.1 Å². The first-order valence-corrected chi connectivity index (χ1v) is 10.3. The summed E-state index contributed by atoms with van der Waals surface area (Å²) < 4.78 is 14.3. The van der Waals surface area contributed by atoms with Crippen molar-refractivity contribution in [3.8, 4) is 0 Å². The molecular formula is C22H22Cl2FNO. The Labute approximate surface area is 169 Å². The third-order valence-electron chi connectivity index (χ3n) is 6.10. The molecule has 1 aliphatic heterocycles. The third kappa shape index (κ3) is 3.36. The number of fused-ring (bicyclic) bond motifs is 1. The van der Waals surface area contributed by atoms with E-state index in [1.165, 1.54) is 6.07 Å². The Hall–Kier alpha value is -1.58. The number of amides is 1. The Bertz CT molecular complexity index is 858. The molecule has 2 aliphatic rings. The first kappa shape index (κ1) is 18.8. The molecule has 3 unspecified atom stereocenters. The van der Waals surface area contributed by atoms with Gasteiger partial charge in [-0.15, -0.1) is 11.6 Å². The van der Waals surface area contributed by atoms with Crippen LogP contribution in [0.2, 0.25) is 5.02 Å². The first-order valence-electron chi connectivity index (χ1n) is 9.50. The fourth-order valence-corrected chi connectivity index (χ4v) is 5.45. The maximum atomic E-state index is 14.3. The normalized spacial score (nSPS) is 27.9. The minimum Gasteiger partial charge on any atom is -0.331 e. The fraction of sp³-hybridized carbons (Fsp3) is 0.409. The molecular weight excluding hydrogens is 384 g/mol. The molecule has 1 amide bonds. The molecule has 0 aromatic heterocycles. The van der Waals surface area contributed by atoms with Crippen molar-refractivity contribution in [3.05, 3.63) is 70.5 Å². The lowest BCUT2D eigenvalue weighted by atomic mass is 9.68. The van der Waals surface area contributed by atoms with Crippen molar-refractivity contribution >= 4 is 29.1 Å². The Morgan fingerprint density at radius 2 is 1.81 bits per heavy atom. The standard InChI is InChI=1S/C22H22Cl2FNO/c23-18-10-3-1-7-15(18)20-17-9-5-6-12-22(17,24)13-14-26(20)21(27)16-8-2-4-11-19(16)25/h1-4,7-8,10-11,17,20H,5-6,9,12-14H2. The molecule has 1 heterocycles. The summed E-state index contributed by atoms with van der Waals surface area (Å²) in [7, 11) is 0. The number of alkyl halides is 1. The van der Waals surface area contributed by atoms with Gasteiger partial charge in [0.15, 0.2) is 0 Å². The highest BCUT2D eigenvalue weighted by molar-refractivity contribution is 6.31. The average Bonchev–Trinajstić information content (AvgIpc) is 2.67. The van der Waals surface area contributed by atoms with Crippen molar-refractivity contribution in [2.24, 2.45) is 5.92 Å². The topological polar surface area (TPSA) is 20.3 Å². The second-order valence-electron chi connectivity index (χ2n) is 7.58. The van der Waals surface area contributed by atoms with Crippen LogP contribution >= 0.6 is 23.2 Å². The molecule has 4 rings (SSSR count). The van der Waals surface area contributed by atoms with Crippen LogP contribution in [0.5, 0.6) is 0 Å². The third-order valence-corrected chi connectivity index (χ3v) is 7.10. The molecule has 3 atom stereocenters. The lowest BCUT2D eigenvalue weighted by Gasteiger charge is -2.52. The summed E-state index contributed by atoms with van der Waals surface area (Å²) >= 11 is 13.6. The second-order valence-corrected chi connectivity index (χ2v) is 8.74. The zero-order valence-electron chi connectivity index (χ0n) is 15.0. The minimum absolute atomic E-state index is 0.104. The van der Waals surface area contributed by atoms with E-state index in [0.717, 1.165) is 37.7 Å². The number of likely N-dealkylation sites (tertiary alicyclic amines) is 1. The summed E-state index contributed by atoms with van der Waals surface area (Å²) in [6.45, 7) is 0.503. The number of nitrogens with zero attached hydrogens (tertiary/aromatic N) is 1. The predicted octanol–water partition coefficient (Wildman–Crippen LogP) is 6.23. The summed E-state index contributed by atoms with van der Waals surface area (Å²) in [5.74, 6) is -0.675. The SMILES string of the molecule is O=C(c1ccccc1F)N1CCC2(Cl)CCCCC2C1c1ccccc1Cl. The van der Waals surface area contributed by atoms with E-state index in [0.29, 0.717) is 11.6 Å². The van der Waals surface area contributed by atoms with Gasteiger partial charge in [0.1, 0.15) is 5.82 Å². The molecule has 27 heavy (non-hydrogen) atoms. The Morgan fingerprint density at radius 3 is 2.59 bits per heavy atom. The molecule has 0 N–H and O–H groups in total. The van der Waals surface area contributed by atoms with E-state index in [1.807, 2.05) is 24.3 Å². The van der Waals surface area contributed by atoms with Gasteiger partial charge >= 0.3 is 0 Å². The molecule has 0 radical (unpaired) electrons. The largest absolute Gasteiger partial charge is 0.331 e. The number of benzene rings is 2. The quantitative estimate of drug-likeness (QED) is 0.541. The first-order chi connectivity index (χ1) is 13.0. The van der Waals surface area contributed by atoms with Crippen molar-refractivity contribution in [1.29, 1.82) is 0 Å². The van der Waals surface area contributed by atoms with Gasteiger partial charge in [-0.25, -0.2) is 4.39 Å². The van der Waals surface area contributed by atoms with Crippen LogP contribution in [-0.2, 0) is 0 Å². The van der Waals surface area contributed by atoms with Crippen LogP contribution in [0.4, 0.5) is 4.39 Å². The zero-order chi connectivity index (χ0) is 19.0. The van der Waals surface area contributed by atoms with E-state index in [4.69, 9.17) is 23.2 Å². The van der Waals surface area contributed by atoms with E-state index in [2.05, 4.69) is 0 Å². The minimum atomic E-state index is -0.494. The zero-order valence-corrected chi connectivity index (χ0v) is 16.5. The molecule has 2 fully saturated rings. The number of piperidine rings is 1. The van der Waals surface area contributed by atoms with Gasteiger partial charge in [0, 0.05) is 17.5 Å². The Morgan fingerprint density at radius 1 is 1.07 bits per heavy atom. The molecule has 142 valence electrons. The van der Waals surface area contributed by atoms with Crippen molar-refractivity contribution in [1.82, 2.24) is 4.90 Å². The number of carbonyl (C=O) groups excluding carboxylic acids is 1. The van der Waals surface area contributed by atoms with Crippen LogP contribution in [0.15, 0.2) is 48.5 Å². The van der Waals surface area contributed by atoms with Crippen molar-refractivity contribution < 1.29 is 9.18 Å². The highest BCUT2D eigenvalue weighted by atomic mass is 35.5. The molecule has 0 spiro atoms. The smallest absolute Gasteiger partial charge is 0.257 e. The summed E-state index contributed by atoms with van der Waals surface area (Å²) in [6.07, 6.45) is 4.81. The molecule has 1 saturated heterocycles. The summed E-state index contributed by atoms with van der Waals surface area (Å²) in [5.41, 5.74) is 1.01. The van der Waals surface area contributed by atoms with Crippen LogP contribution in [0, 0.1) is 11.7 Å². The van der Waals surface area contributed by atoms with Gasteiger partial charge in [-0.1, -0.05) is 54.8 Å². The van der Waals surface area contributed by atoms with E-state index < -0.39 is 5.82 Å². The van der Waals surface area contributed by atoms with Gasteiger partial charge in [0.25, 0.3) is 5.91 Å². The predicted molar refractivity (Wildman–Crippen MR) is 107 cm³/mol. The maximum absolute atomic E-state index is 14.3. The summed E-state index contributed by atoms with van der Waals surface area (Å²) in [5, 5.41) is 0.625. The van der Waals surface area contributed by atoms with Crippen LogP contribution in [0.3, 0.4) is 0 Å². The van der Waals surface area contributed by atoms with Gasteiger partial charge in [0.2, 0.25) is 0 Å². The summed E-state index contributed by atoms with van der Waals surface area (Å²) in [6, 6.07) is 13.5. The van der Waals surface area contributed by atoms with Crippen LogP contribution in [-0.4, -0.2) is 22.2 Å². The molecule has 2 aromatic carbocycles. The monoisotopic (exact) mass is 405 g/mol. The van der Waals surface area contributed by atoms with Gasteiger partial charge in [-0.3, -0.25) is 4.79 Å². The maximum Gasteiger partial charge on any atom is 0.257 e. The highest BCUT2D eigenvalue weighted by Crippen LogP contribution is 2.53. The van der Waals surface area contributed by atoms with E-state index in [-0.39, 0.29) is 28.3 Å². The molecule has 2 aromatic rings. The van der Waals surface area contributed by atoms with Gasteiger partial charge in [0.05, 0.1) is 16.5 Å². The molecule has 2 nitrogen and oxygen atoms in total. The van der Waals surface area contributed by atoms with Crippen molar-refractivity contribution in [3.63, 3.8) is 0 Å². The van der Waals surface area contributed by atoms with E-state index in [9.17, 15) is 9.18 Å². The number of rotatable bonds is 2. The molecule has 1 saturated carbocycles. The van der Waals surface area contributed by atoms with Crippen molar-refractivity contribution in [2.75, 3.05) is 6.54 Å². The second kappa shape index (κ2) is 7.44. The van der Waals surface area contributed by atoms with Crippen LogP contribution < -0.4 is 0 Å². The number of hydrogen-bond donors (Lipinski definition) is 0. The van der Waals surface area contributed by atoms with Gasteiger partial charge in [-0.2, -0.15) is 0 Å². The number of carbonyl (C=O) groups is 1. The molecule has 1 aliphatic carbocycles. The summed E-state index contributed by atoms with van der Waals surface area (Å²) in [4.78, 5) is 14.8. The average molecular weight is 406 g/mol. The van der Waals surface area contributed by atoms with E-state index in [1.54, 1.807) is 23.1 Å². The van der Waals surface area contributed by atoms with Crippen LogP contribution in [0.25, 0.3) is 0 Å². The van der Waals surface area contributed by atoms with Gasteiger partial charge < -0.3 is 4.90 Å². The fourth-order valence-electron chi connectivity index (χ4n) is 4.76. The number of hydrogen-bond acceptors (Lipinski definition) is 1. The molecule has 5 heteroatoms. The number of halogens is 3. The Balaban J connectivity index is 1.79. The van der Waals surface area contributed by atoms with E-state index >= 15 is 0 Å². The molecule has 0 bridgehead atoms. The highest BCUT2D eigenvalue weighted by Gasteiger charge is 2.50. The van der Waals surface area contributed by atoms with Gasteiger partial charge in [-0.05, 0) is 43.0 Å².